The van der Waals surface area contributed by atoms with Gasteiger partial charge in [0, 0.05) is 44.8 Å². The zero-order valence-electron chi connectivity index (χ0n) is 20.1. The highest BCUT2D eigenvalue weighted by Crippen LogP contribution is 2.40. The fraction of sp³-hybridized carbons (Fsp3) is 0.417. The summed E-state index contributed by atoms with van der Waals surface area (Å²) in [6.07, 6.45) is 0. The summed E-state index contributed by atoms with van der Waals surface area (Å²) in [5, 5.41) is 3.87. The van der Waals surface area contributed by atoms with Crippen LogP contribution in [0.15, 0.2) is 41.3 Å². The number of anilines is 1. The number of nitrogens with one attached hydrogen (secondary N) is 1. The fourth-order valence-corrected chi connectivity index (χ4v) is 5.99. The number of amides is 1. The van der Waals surface area contributed by atoms with Crippen LogP contribution in [-0.4, -0.2) is 83.4 Å². The molecule has 188 valence electrons. The smallest absolute Gasteiger partial charge is 0.251 e. The minimum absolute atomic E-state index is 0.0349. The minimum atomic E-state index is -3.27. The van der Waals surface area contributed by atoms with Crippen LogP contribution in [0.2, 0.25) is 0 Å². The van der Waals surface area contributed by atoms with Gasteiger partial charge in [0.05, 0.1) is 24.9 Å². The highest BCUT2D eigenvalue weighted by Gasteiger charge is 2.22. The van der Waals surface area contributed by atoms with Crippen molar-refractivity contribution in [3.8, 4) is 11.5 Å². The molecule has 4 rings (SSSR count). The van der Waals surface area contributed by atoms with Gasteiger partial charge in [0.15, 0.2) is 15.0 Å². The number of hydrogen-bond donors (Lipinski definition) is 1. The van der Waals surface area contributed by atoms with Gasteiger partial charge < -0.3 is 19.7 Å². The number of fused-ring (bicyclic) bond motifs is 1. The van der Waals surface area contributed by atoms with E-state index < -0.39 is 9.84 Å². The number of nitrogens with zero attached hydrogens (tertiary/aromatic N) is 3. The molecule has 0 bridgehead atoms. The molecule has 1 aliphatic heterocycles. The topological polar surface area (TPSA) is 101 Å². The van der Waals surface area contributed by atoms with Crippen molar-refractivity contribution in [2.45, 2.75) is 11.8 Å². The highest BCUT2D eigenvalue weighted by atomic mass is 32.2. The molecule has 0 atom stereocenters. The maximum Gasteiger partial charge on any atom is 0.251 e. The van der Waals surface area contributed by atoms with Crippen LogP contribution in [0, 0.1) is 0 Å². The Kier molecular flexibility index (Phi) is 7.78. The van der Waals surface area contributed by atoms with Crippen molar-refractivity contribution in [2.24, 2.45) is 0 Å². The third-order valence-corrected chi connectivity index (χ3v) is 8.99. The normalized spacial score (nSPS) is 14.8. The molecular formula is C24H30N4O5S2. The number of hydrogen-bond acceptors (Lipinski definition) is 9. The summed E-state index contributed by atoms with van der Waals surface area (Å²) in [6, 6.07) is 9.85. The van der Waals surface area contributed by atoms with Gasteiger partial charge in [-0.05, 0) is 36.4 Å². The van der Waals surface area contributed by atoms with Crippen molar-refractivity contribution < 1.29 is 22.7 Å². The van der Waals surface area contributed by atoms with Crippen LogP contribution in [0.1, 0.15) is 17.3 Å². The van der Waals surface area contributed by atoms with Crippen LogP contribution in [0.4, 0.5) is 5.13 Å². The number of aromatic nitrogens is 1. The van der Waals surface area contributed by atoms with Gasteiger partial charge >= 0.3 is 0 Å². The highest BCUT2D eigenvalue weighted by molar-refractivity contribution is 7.91. The van der Waals surface area contributed by atoms with Crippen molar-refractivity contribution in [3.63, 3.8) is 0 Å². The minimum Gasteiger partial charge on any atom is -0.495 e. The molecule has 1 saturated heterocycles. The number of carbonyl (C=O) groups excluding carboxylic acids is 1. The van der Waals surface area contributed by atoms with Gasteiger partial charge in [-0.1, -0.05) is 18.3 Å². The lowest BCUT2D eigenvalue weighted by Gasteiger charge is -2.34. The standard InChI is InChI=1S/C24H30N4O5S2/c1-4-35(30,31)18-7-5-17(6-8-18)23(29)25-11-12-27-13-15-28(16-14-27)24-26-21-19(32-2)9-10-20(33-3)22(21)34-24/h5-10H,4,11-16H2,1-3H3,(H,25,29). The second-order valence-corrected chi connectivity index (χ2v) is 11.4. The molecule has 1 N–H and O–H groups in total. The van der Waals surface area contributed by atoms with E-state index in [-0.39, 0.29) is 16.6 Å². The first-order valence-corrected chi connectivity index (χ1v) is 13.9. The summed E-state index contributed by atoms with van der Waals surface area (Å²) in [4.78, 5) is 22.1. The molecule has 1 amide bonds. The van der Waals surface area contributed by atoms with Gasteiger partial charge in [0.2, 0.25) is 0 Å². The summed E-state index contributed by atoms with van der Waals surface area (Å²) in [6.45, 7) is 6.26. The summed E-state index contributed by atoms with van der Waals surface area (Å²) >= 11 is 1.61. The first-order chi connectivity index (χ1) is 16.9. The molecule has 2 aromatic carbocycles. The number of carbonyl (C=O) groups is 1. The molecule has 35 heavy (non-hydrogen) atoms. The summed E-state index contributed by atoms with van der Waals surface area (Å²) in [7, 11) is 0.0291. The number of sulfone groups is 1. The van der Waals surface area contributed by atoms with Crippen LogP contribution in [0.25, 0.3) is 10.2 Å². The summed E-state index contributed by atoms with van der Waals surface area (Å²) in [5.41, 5.74) is 1.27. The number of thiazole rings is 1. The van der Waals surface area contributed by atoms with Crippen LogP contribution in [-0.2, 0) is 9.84 Å². The van der Waals surface area contributed by atoms with E-state index in [0.717, 1.165) is 59.6 Å². The van der Waals surface area contributed by atoms with Crippen molar-refractivity contribution in [2.75, 3.05) is 64.1 Å². The van der Waals surface area contributed by atoms with Crippen molar-refractivity contribution in [1.82, 2.24) is 15.2 Å². The molecule has 3 aromatic rings. The number of rotatable bonds is 9. The van der Waals surface area contributed by atoms with Crippen LogP contribution in [0.3, 0.4) is 0 Å². The van der Waals surface area contributed by atoms with E-state index >= 15 is 0 Å². The first-order valence-electron chi connectivity index (χ1n) is 11.5. The van der Waals surface area contributed by atoms with Gasteiger partial charge in [-0.2, -0.15) is 0 Å². The van der Waals surface area contributed by atoms with E-state index in [1.165, 1.54) is 12.1 Å². The Morgan fingerprint density at radius 3 is 2.31 bits per heavy atom. The fourth-order valence-electron chi connectivity index (χ4n) is 3.98. The second-order valence-electron chi connectivity index (χ2n) is 8.16. The van der Waals surface area contributed by atoms with E-state index in [1.54, 1.807) is 44.6 Å². The van der Waals surface area contributed by atoms with Gasteiger partial charge in [-0.25, -0.2) is 13.4 Å². The molecule has 0 unspecified atom stereocenters. The molecule has 0 radical (unpaired) electrons. The molecule has 2 heterocycles. The first kappa shape index (κ1) is 25.2. The zero-order chi connectivity index (χ0) is 25.0. The SMILES string of the molecule is CCS(=O)(=O)c1ccc(C(=O)NCCN2CCN(c3nc4c(OC)ccc(OC)c4s3)CC2)cc1. The molecule has 1 aliphatic rings. The van der Waals surface area contributed by atoms with E-state index in [9.17, 15) is 13.2 Å². The number of piperazine rings is 1. The molecule has 0 spiro atoms. The Bertz CT molecular complexity index is 1240. The molecular weight excluding hydrogens is 488 g/mol. The van der Waals surface area contributed by atoms with Gasteiger partial charge in [-0.3, -0.25) is 9.69 Å². The van der Waals surface area contributed by atoms with E-state index in [4.69, 9.17) is 14.5 Å². The van der Waals surface area contributed by atoms with E-state index in [0.29, 0.717) is 12.1 Å². The maximum atomic E-state index is 12.4. The average Bonchev–Trinajstić information content (AvgIpc) is 3.34. The van der Waals surface area contributed by atoms with E-state index in [2.05, 4.69) is 15.1 Å². The lowest BCUT2D eigenvalue weighted by molar-refractivity contribution is 0.0947. The van der Waals surface area contributed by atoms with Crippen molar-refractivity contribution in [1.29, 1.82) is 0 Å². The maximum absolute atomic E-state index is 12.4. The van der Waals surface area contributed by atoms with Crippen molar-refractivity contribution >= 4 is 42.4 Å². The average molecular weight is 519 g/mol. The zero-order valence-corrected chi connectivity index (χ0v) is 21.7. The Balaban J connectivity index is 1.28. The third kappa shape index (κ3) is 5.52. The second kappa shape index (κ2) is 10.8. The molecule has 0 aliphatic carbocycles. The monoisotopic (exact) mass is 518 g/mol. The summed E-state index contributed by atoms with van der Waals surface area (Å²) in [5.74, 6) is 1.36. The molecule has 0 saturated carbocycles. The van der Waals surface area contributed by atoms with Gasteiger partial charge in [0.1, 0.15) is 21.7 Å². The molecule has 1 fully saturated rings. The number of benzene rings is 2. The third-order valence-electron chi connectivity index (χ3n) is 6.11. The Hall–Kier alpha value is -2.89. The largest absolute Gasteiger partial charge is 0.495 e. The predicted octanol–water partition coefficient (Wildman–Crippen LogP) is 2.66. The lowest BCUT2D eigenvalue weighted by Crippen LogP contribution is -2.48. The Labute approximate surface area is 209 Å². The number of ether oxygens (including phenoxy) is 2. The summed E-state index contributed by atoms with van der Waals surface area (Å²) < 4.78 is 35.8. The molecule has 9 nitrogen and oxygen atoms in total. The number of methoxy groups -OCH3 is 2. The predicted molar refractivity (Wildman–Crippen MR) is 138 cm³/mol. The van der Waals surface area contributed by atoms with Crippen molar-refractivity contribution in [3.05, 3.63) is 42.0 Å². The van der Waals surface area contributed by atoms with Crippen LogP contribution < -0.4 is 19.7 Å². The van der Waals surface area contributed by atoms with E-state index in [1.807, 2.05) is 12.1 Å². The Morgan fingerprint density at radius 2 is 1.69 bits per heavy atom. The lowest BCUT2D eigenvalue weighted by atomic mass is 10.2. The van der Waals surface area contributed by atoms with Crippen LogP contribution in [0.5, 0.6) is 11.5 Å². The van der Waals surface area contributed by atoms with Gasteiger partial charge in [-0.15, -0.1) is 0 Å². The van der Waals surface area contributed by atoms with Crippen LogP contribution >= 0.6 is 11.3 Å². The Morgan fingerprint density at radius 1 is 1.03 bits per heavy atom. The quantitative estimate of drug-likeness (QED) is 0.462. The molecule has 1 aromatic heterocycles. The van der Waals surface area contributed by atoms with Gasteiger partial charge in [0.25, 0.3) is 5.91 Å². The molecule has 11 heteroatoms.